The lowest BCUT2D eigenvalue weighted by molar-refractivity contribution is -0.121. The van der Waals surface area contributed by atoms with Crippen molar-refractivity contribution in [2.45, 2.75) is 24.3 Å². The molecule has 32 heavy (non-hydrogen) atoms. The molecule has 3 rings (SSSR count). The normalized spacial score (nSPS) is 11.5. The monoisotopic (exact) mass is 452 g/mol. The predicted molar refractivity (Wildman–Crippen MR) is 126 cm³/mol. The van der Waals surface area contributed by atoms with Gasteiger partial charge in [-0.3, -0.25) is 9.59 Å². The van der Waals surface area contributed by atoms with Crippen molar-refractivity contribution in [3.05, 3.63) is 89.7 Å². The SMILES string of the molecule is COc1ccc(SCCC(=O)NC(C)c2ccc(NC(=O)c3ccc(F)cc3)cc2)cc1. The largest absolute Gasteiger partial charge is 0.497 e. The molecule has 3 aromatic rings. The molecule has 0 aromatic heterocycles. The maximum atomic E-state index is 13.0. The molecule has 1 atom stereocenters. The van der Waals surface area contributed by atoms with Crippen molar-refractivity contribution >= 4 is 29.3 Å². The second-order valence-electron chi connectivity index (χ2n) is 7.15. The zero-order valence-corrected chi connectivity index (χ0v) is 18.7. The van der Waals surface area contributed by atoms with Crippen LogP contribution in [-0.2, 0) is 4.79 Å². The van der Waals surface area contributed by atoms with Crippen LogP contribution in [0.4, 0.5) is 10.1 Å². The zero-order chi connectivity index (χ0) is 22.9. The van der Waals surface area contributed by atoms with Gasteiger partial charge in [0, 0.05) is 28.3 Å². The molecular formula is C25H25FN2O3S. The minimum absolute atomic E-state index is 0.0211. The van der Waals surface area contributed by atoms with E-state index >= 15 is 0 Å². The van der Waals surface area contributed by atoms with E-state index < -0.39 is 0 Å². The highest BCUT2D eigenvalue weighted by molar-refractivity contribution is 7.99. The van der Waals surface area contributed by atoms with E-state index in [0.717, 1.165) is 16.2 Å². The summed E-state index contributed by atoms with van der Waals surface area (Å²) in [6, 6.07) is 20.2. The molecular weight excluding hydrogens is 427 g/mol. The summed E-state index contributed by atoms with van der Waals surface area (Å²) in [5.74, 6) is 0.767. The van der Waals surface area contributed by atoms with Crippen LogP contribution in [0.3, 0.4) is 0 Å². The van der Waals surface area contributed by atoms with Gasteiger partial charge in [-0.05, 0) is 73.2 Å². The summed E-state index contributed by atoms with van der Waals surface area (Å²) in [7, 11) is 1.63. The average molecular weight is 453 g/mol. The van der Waals surface area contributed by atoms with Gasteiger partial charge >= 0.3 is 0 Å². The number of nitrogens with one attached hydrogen (secondary N) is 2. The van der Waals surface area contributed by atoms with Gasteiger partial charge in [0.25, 0.3) is 5.91 Å². The molecule has 2 amide bonds. The molecule has 0 radical (unpaired) electrons. The molecule has 0 aliphatic carbocycles. The summed E-state index contributed by atoms with van der Waals surface area (Å²) in [5.41, 5.74) is 1.93. The molecule has 0 aliphatic heterocycles. The fourth-order valence-corrected chi connectivity index (χ4v) is 3.84. The average Bonchev–Trinajstić information content (AvgIpc) is 2.80. The molecule has 5 nitrogen and oxygen atoms in total. The molecule has 0 heterocycles. The number of amides is 2. The number of benzene rings is 3. The Morgan fingerprint density at radius 1 is 0.969 bits per heavy atom. The zero-order valence-electron chi connectivity index (χ0n) is 17.9. The lowest BCUT2D eigenvalue weighted by Gasteiger charge is -2.15. The molecule has 3 aromatic carbocycles. The van der Waals surface area contributed by atoms with Gasteiger partial charge in [0.1, 0.15) is 11.6 Å². The van der Waals surface area contributed by atoms with Gasteiger partial charge in [-0.1, -0.05) is 12.1 Å². The standard InChI is InChI=1S/C25H25FN2O3S/c1-17(27-24(29)15-16-32-23-13-11-22(31-2)12-14-23)18-5-9-21(10-6-18)28-25(30)19-3-7-20(26)8-4-19/h3-14,17H,15-16H2,1-2H3,(H,27,29)(H,28,30). The highest BCUT2D eigenvalue weighted by Crippen LogP contribution is 2.22. The van der Waals surface area contributed by atoms with E-state index in [0.29, 0.717) is 23.4 Å². The van der Waals surface area contributed by atoms with Crippen molar-refractivity contribution in [1.82, 2.24) is 5.32 Å². The fraction of sp³-hybridized carbons (Fsp3) is 0.200. The minimum atomic E-state index is -0.388. The molecule has 0 saturated heterocycles. The second kappa shape index (κ2) is 11.3. The Kier molecular flexibility index (Phi) is 8.27. The Morgan fingerprint density at radius 3 is 2.25 bits per heavy atom. The van der Waals surface area contributed by atoms with E-state index in [1.54, 1.807) is 31.0 Å². The number of hydrogen-bond donors (Lipinski definition) is 2. The van der Waals surface area contributed by atoms with Gasteiger partial charge in [0.15, 0.2) is 0 Å². The van der Waals surface area contributed by atoms with Crippen molar-refractivity contribution in [2.75, 3.05) is 18.2 Å². The summed E-state index contributed by atoms with van der Waals surface area (Å²) < 4.78 is 18.1. The first-order valence-electron chi connectivity index (χ1n) is 10.2. The van der Waals surface area contributed by atoms with Crippen molar-refractivity contribution < 1.29 is 18.7 Å². The molecule has 7 heteroatoms. The van der Waals surface area contributed by atoms with Crippen LogP contribution < -0.4 is 15.4 Å². The Morgan fingerprint density at radius 2 is 1.62 bits per heavy atom. The van der Waals surface area contributed by atoms with E-state index in [4.69, 9.17) is 4.74 Å². The molecule has 0 saturated carbocycles. The van der Waals surface area contributed by atoms with E-state index in [1.165, 1.54) is 24.3 Å². The lowest BCUT2D eigenvalue weighted by atomic mass is 10.1. The van der Waals surface area contributed by atoms with E-state index in [1.807, 2.05) is 43.3 Å². The maximum absolute atomic E-state index is 13.0. The van der Waals surface area contributed by atoms with E-state index in [2.05, 4.69) is 10.6 Å². The van der Waals surface area contributed by atoms with Crippen LogP contribution in [0.15, 0.2) is 77.7 Å². The van der Waals surface area contributed by atoms with Crippen LogP contribution >= 0.6 is 11.8 Å². The Bertz CT molecular complexity index is 1040. The first-order chi connectivity index (χ1) is 15.4. The number of anilines is 1. The van der Waals surface area contributed by atoms with Gasteiger partial charge in [-0.15, -0.1) is 11.8 Å². The third kappa shape index (κ3) is 6.85. The van der Waals surface area contributed by atoms with Crippen LogP contribution in [0.25, 0.3) is 0 Å². The smallest absolute Gasteiger partial charge is 0.255 e. The van der Waals surface area contributed by atoms with Crippen molar-refractivity contribution in [3.63, 3.8) is 0 Å². The molecule has 0 bridgehead atoms. The van der Waals surface area contributed by atoms with Crippen molar-refractivity contribution in [3.8, 4) is 5.75 Å². The highest BCUT2D eigenvalue weighted by atomic mass is 32.2. The number of rotatable bonds is 9. The van der Waals surface area contributed by atoms with E-state index in [9.17, 15) is 14.0 Å². The minimum Gasteiger partial charge on any atom is -0.497 e. The number of thioether (sulfide) groups is 1. The second-order valence-corrected chi connectivity index (χ2v) is 8.31. The van der Waals surface area contributed by atoms with Gasteiger partial charge in [0.2, 0.25) is 5.91 Å². The number of carbonyl (C=O) groups is 2. The summed E-state index contributed by atoms with van der Waals surface area (Å²) in [6.45, 7) is 1.92. The van der Waals surface area contributed by atoms with Crippen LogP contribution in [-0.4, -0.2) is 24.7 Å². The Hall–Kier alpha value is -3.32. The van der Waals surface area contributed by atoms with Crippen molar-refractivity contribution in [2.24, 2.45) is 0 Å². The number of ether oxygens (including phenoxy) is 1. The summed E-state index contributed by atoms with van der Waals surface area (Å²) in [4.78, 5) is 25.6. The van der Waals surface area contributed by atoms with Gasteiger partial charge in [-0.25, -0.2) is 4.39 Å². The molecule has 0 fully saturated rings. The number of methoxy groups -OCH3 is 1. The topological polar surface area (TPSA) is 67.4 Å². The van der Waals surface area contributed by atoms with E-state index in [-0.39, 0.29) is 23.7 Å². The molecule has 166 valence electrons. The summed E-state index contributed by atoms with van der Waals surface area (Å²) >= 11 is 1.62. The van der Waals surface area contributed by atoms with Gasteiger partial charge in [0.05, 0.1) is 13.2 Å². The molecule has 0 spiro atoms. The van der Waals surface area contributed by atoms with Crippen molar-refractivity contribution in [1.29, 1.82) is 0 Å². The summed E-state index contributed by atoms with van der Waals surface area (Å²) in [6.07, 6.45) is 0.410. The number of hydrogen-bond acceptors (Lipinski definition) is 4. The number of carbonyl (C=O) groups excluding carboxylic acids is 2. The van der Waals surface area contributed by atoms with Crippen LogP contribution in [0.2, 0.25) is 0 Å². The third-order valence-electron chi connectivity index (χ3n) is 4.81. The maximum Gasteiger partial charge on any atom is 0.255 e. The highest BCUT2D eigenvalue weighted by Gasteiger charge is 2.11. The Balaban J connectivity index is 1.45. The molecule has 1 unspecified atom stereocenters. The first-order valence-corrected chi connectivity index (χ1v) is 11.2. The third-order valence-corrected chi connectivity index (χ3v) is 5.82. The van der Waals surface area contributed by atoms with Crippen LogP contribution in [0.1, 0.15) is 35.3 Å². The first kappa shape index (κ1) is 23.3. The van der Waals surface area contributed by atoms with Gasteiger partial charge in [-0.2, -0.15) is 0 Å². The molecule has 0 aliphatic rings. The molecule has 2 N–H and O–H groups in total. The predicted octanol–water partition coefficient (Wildman–Crippen LogP) is 5.45. The number of halogens is 1. The quantitative estimate of drug-likeness (QED) is 0.424. The van der Waals surface area contributed by atoms with Crippen LogP contribution in [0.5, 0.6) is 5.75 Å². The lowest BCUT2D eigenvalue weighted by Crippen LogP contribution is -2.26. The summed E-state index contributed by atoms with van der Waals surface area (Å²) in [5, 5.41) is 5.77. The van der Waals surface area contributed by atoms with Gasteiger partial charge < -0.3 is 15.4 Å². The fourth-order valence-electron chi connectivity index (χ4n) is 2.99. The van der Waals surface area contributed by atoms with Crippen LogP contribution in [0, 0.1) is 5.82 Å². The Labute approximate surface area is 191 Å².